The summed E-state index contributed by atoms with van der Waals surface area (Å²) in [6.07, 6.45) is -2.96. The molecule has 47 heavy (non-hydrogen) atoms. The lowest BCUT2D eigenvalue weighted by Gasteiger charge is -2.53. The van der Waals surface area contributed by atoms with E-state index in [2.05, 4.69) is 5.32 Å². The summed E-state index contributed by atoms with van der Waals surface area (Å²) in [6, 6.07) is 41.6. The van der Waals surface area contributed by atoms with Gasteiger partial charge >= 0.3 is 0 Å². The maximum atomic E-state index is 14.5. The number of anilines is 1. The predicted molar refractivity (Wildman–Crippen MR) is 182 cm³/mol. The van der Waals surface area contributed by atoms with Gasteiger partial charge in [-0.1, -0.05) is 140 Å². The molecule has 4 atom stereocenters. The van der Waals surface area contributed by atoms with Crippen LogP contribution >= 0.6 is 0 Å². The fourth-order valence-electron chi connectivity index (χ4n) is 5.91. The number of nitrogens with one attached hydrogen (secondary N) is 1. The van der Waals surface area contributed by atoms with Crippen molar-refractivity contribution in [3.63, 3.8) is 0 Å². The molecule has 7 nitrogen and oxygen atoms in total. The average molecular weight is 633 g/mol. The Hall–Kier alpha value is -4.63. The Bertz CT molecular complexity index is 1740. The van der Waals surface area contributed by atoms with Crippen LogP contribution in [0.15, 0.2) is 152 Å². The quantitative estimate of drug-likeness (QED) is 0.0958. The molecule has 0 aliphatic rings. The van der Waals surface area contributed by atoms with E-state index in [4.69, 9.17) is 6.11 Å². The molecule has 0 aromatic heterocycles. The molecule has 0 saturated heterocycles. The molecule has 0 spiro atoms. The molecular formula is C40H41NO6. The first kappa shape index (κ1) is 32.3. The van der Waals surface area contributed by atoms with E-state index < -0.39 is 41.8 Å². The zero-order chi connectivity index (χ0) is 34.0. The highest BCUT2D eigenvalue weighted by molar-refractivity contribution is 5.93. The SMILES string of the molecule is [2H]c1ccccc1N[C@](O)(C(=O)Cc1ccccc1)[C@](O)(Cc1ccccc1)[C@@](O)(Cc1ccccc1)[C@H](O)COCc1ccccc1. The van der Waals surface area contributed by atoms with E-state index in [9.17, 15) is 25.2 Å². The maximum absolute atomic E-state index is 14.5. The summed E-state index contributed by atoms with van der Waals surface area (Å²) in [5.74, 6) is -0.876. The number of hydrogen-bond acceptors (Lipinski definition) is 7. The Morgan fingerprint density at radius 3 is 1.68 bits per heavy atom. The number of ketones is 1. The number of carbonyl (C=O) groups excluding carboxylic acids is 1. The topological polar surface area (TPSA) is 119 Å². The van der Waals surface area contributed by atoms with E-state index in [0.29, 0.717) is 16.7 Å². The lowest BCUT2D eigenvalue weighted by molar-refractivity contribution is -0.265. The van der Waals surface area contributed by atoms with Gasteiger partial charge in [-0.25, -0.2) is 0 Å². The highest BCUT2D eigenvalue weighted by Gasteiger charge is 2.67. The summed E-state index contributed by atoms with van der Waals surface area (Å²) in [5.41, 5.74) is -5.92. The Morgan fingerprint density at radius 1 is 0.660 bits per heavy atom. The van der Waals surface area contributed by atoms with Gasteiger partial charge in [0.25, 0.3) is 0 Å². The minimum absolute atomic E-state index is 0.0461. The highest BCUT2D eigenvalue weighted by atomic mass is 16.5. The largest absolute Gasteiger partial charge is 0.388 e. The molecule has 5 aromatic rings. The molecule has 0 unspecified atom stereocenters. The van der Waals surface area contributed by atoms with Crippen LogP contribution in [0, 0.1) is 0 Å². The molecule has 0 fully saturated rings. The normalized spacial score (nSPS) is 16.1. The van der Waals surface area contributed by atoms with Crippen LogP contribution in [0.3, 0.4) is 0 Å². The predicted octanol–water partition coefficient (Wildman–Crippen LogP) is 5.12. The molecule has 0 saturated carbocycles. The van der Waals surface area contributed by atoms with Crippen molar-refractivity contribution in [2.45, 2.75) is 48.9 Å². The maximum Gasteiger partial charge on any atom is 0.229 e. The zero-order valence-electron chi connectivity index (χ0n) is 27.1. The van der Waals surface area contributed by atoms with Gasteiger partial charge in [-0.05, 0) is 34.4 Å². The molecule has 5 N–H and O–H groups in total. The van der Waals surface area contributed by atoms with Crippen molar-refractivity contribution < 1.29 is 31.3 Å². The molecule has 0 aliphatic carbocycles. The first-order chi connectivity index (χ1) is 23.1. The molecule has 5 aromatic carbocycles. The van der Waals surface area contributed by atoms with Crippen LogP contribution in [0.1, 0.15) is 23.6 Å². The van der Waals surface area contributed by atoms with Gasteiger partial charge in [0.05, 0.1) is 14.6 Å². The van der Waals surface area contributed by atoms with Crippen molar-refractivity contribution in [3.05, 3.63) is 174 Å². The number of carbonyl (C=O) groups is 1. The van der Waals surface area contributed by atoms with E-state index in [1.165, 1.54) is 12.1 Å². The number of Topliss-reactive ketones (excluding diaryl/α,β-unsaturated/α-hetero) is 1. The molecule has 242 valence electrons. The lowest BCUT2D eigenvalue weighted by atomic mass is 9.64. The second-order valence-electron chi connectivity index (χ2n) is 11.8. The van der Waals surface area contributed by atoms with Gasteiger partial charge < -0.3 is 30.5 Å². The first-order valence-electron chi connectivity index (χ1n) is 16.1. The van der Waals surface area contributed by atoms with Crippen LogP contribution in [0.2, 0.25) is 0 Å². The second-order valence-corrected chi connectivity index (χ2v) is 11.8. The number of rotatable bonds is 16. The summed E-state index contributed by atoms with van der Waals surface area (Å²) in [7, 11) is 0. The lowest BCUT2D eigenvalue weighted by Crippen LogP contribution is -2.78. The van der Waals surface area contributed by atoms with Crippen LogP contribution in [-0.4, -0.2) is 55.8 Å². The average Bonchev–Trinajstić information content (AvgIpc) is 3.10. The van der Waals surface area contributed by atoms with Crippen LogP contribution in [0.4, 0.5) is 5.69 Å². The summed E-state index contributed by atoms with van der Waals surface area (Å²) < 4.78 is 14.4. The number of hydrogen-bond donors (Lipinski definition) is 5. The molecule has 0 radical (unpaired) electrons. The number of aliphatic hydroxyl groups excluding tert-OH is 1. The van der Waals surface area contributed by atoms with Crippen molar-refractivity contribution in [1.29, 1.82) is 0 Å². The Kier molecular flexibility index (Phi) is 10.5. The van der Waals surface area contributed by atoms with E-state index in [1.807, 2.05) is 30.3 Å². The van der Waals surface area contributed by atoms with Gasteiger partial charge in [0.1, 0.15) is 11.7 Å². The molecule has 0 amide bonds. The Labute approximate surface area is 277 Å². The Morgan fingerprint density at radius 2 is 1.13 bits per heavy atom. The van der Waals surface area contributed by atoms with Gasteiger partial charge in [0.15, 0.2) is 11.4 Å². The third kappa shape index (κ3) is 7.85. The molecule has 0 heterocycles. The first-order valence-corrected chi connectivity index (χ1v) is 15.6. The van der Waals surface area contributed by atoms with Crippen molar-refractivity contribution in [1.82, 2.24) is 0 Å². The zero-order valence-corrected chi connectivity index (χ0v) is 26.1. The summed E-state index contributed by atoms with van der Waals surface area (Å²) in [6.45, 7) is -0.328. The summed E-state index contributed by atoms with van der Waals surface area (Å²) in [4.78, 5) is 14.5. The molecular weight excluding hydrogens is 590 g/mol. The molecule has 0 bridgehead atoms. The smallest absolute Gasteiger partial charge is 0.229 e. The van der Waals surface area contributed by atoms with E-state index in [1.54, 1.807) is 103 Å². The van der Waals surface area contributed by atoms with Gasteiger partial charge in [-0.2, -0.15) is 0 Å². The van der Waals surface area contributed by atoms with Gasteiger partial charge in [0, 0.05) is 24.9 Å². The molecule has 0 aliphatic heterocycles. The van der Waals surface area contributed by atoms with Crippen LogP contribution < -0.4 is 5.32 Å². The number of aliphatic hydroxyl groups is 4. The minimum Gasteiger partial charge on any atom is -0.388 e. The van der Waals surface area contributed by atoms with E-state index in [-0.39, 0.29) is 31.2 Å². The van der Waals surface area contributed by atoms with Crippen LogP contribution in [0.25, 0.3) is 0 Å². The fraction of sp³-hybridized carbons (Fsp3) is 0.225. The van der Waals surface area contributed by atoms with Crippen molar-refractivity contribution in [3.8, 4) is 0 Å². The fourth-order valence-corrected chi connectivity index (χ4v) is 5.91. The highest BCUT2D eigenvalue weighted by Crippen LogP contribution is 2.43. The van der Waals surface area contributed by atoms with E-state index >= 15 is 0 Å². The minimum atomic E-state index is -2.94. The monoisotopic (exact) mass is 632 g/mol. The van der Waals surface area contributed by atoms with E-state index in [0.717, 1.165) is 5.56 Å². The standard InChI is InChI=1S/C40H41NO6/c42-36(26-31-16-6-1-7-17-31)40(46,41-35-24-14-5-15-25-35)39(45,28-33-20-10-3-11-21-33)38(44,27-32-18-8-2-9-19-32)37(43)30-47-29-34-22-12-4-13-23-34/h1-25,37,41,43-46H,26-30H2/t37-,38-,39+,40+/m1/s1/i24D. The van der Waals surface area contributed by atoms with Gasteiger partial charge in [-0.15, -0.1) is 0 Å². The number of ether oxygens (including phenoxy) is 1. The van der Waals surface area contributed by atoms with Gasteiger partial charge in [-0.3, -0.25) is 4.79 Å². The third-order valence-electron chi connectivity index (χ3n) is 8.51. The van der Waals surface area contributed by atoms with Gasteiger partial charge in [0.2, 0.25) is 5.72 Å². The van der Waals surface area contributed by atoms with Crippen LogP contribution in [0.5, 0.6) is 0 Å². The Balaban J connectivity index is 1.67. The molecule has 5 rings (SSSR count). The summed E-state index contributed by atoms with van der Waals surface area (Å²) >= 11 is 0. The van der Waals surface area contributed by atoms with Crippen LogP contribution in [-0.2, 0) is 35.4 Å². The second kappa shape index (κ2) is 15.3. The van der Waals surface area contributed by atoms with Crippen molar-refractivity contribution >= 4 is 11.5 Å². The van der Waals surface area contributed by atoms with Crippen molar-refractivity contribution in [2.75, 3.05) is 11.9 Å². The third-order valence-corrected chi connectivity index (χ3v) is 8.51. The molecule has 7 heteroatoms. The van der Waals surface area contributed by atoms with Crippen molar-refractivity contribution in [2.24, 2.45) is 0 Å². The number of benzene rings is 5. The summed E-state index contributed by atoms with van der Waals surface area (Å²) in [5, 5.41) is 53.7. The number of para-hydroxylation sites is 1.